The Labute approximate surface area is 134 Å². The molecule has 0 aliphatic heterocycles. The normalized spacial score (nSPS) is 11.2. The van der Waals surface area contributed by atoms with Crippen molar-refractivity contribution in [1.29, 1.82) is 0 Å². The van der Waals surface area contributed by atoms with E-state index in [0.717, 1.165) is 18.2 Å². The molecule has 0 N–H and O–H groups in total. The highest BCUT2D eigenvalue weighted by atomic mass is 19.4. The van der Waals surface area contributed by atoms with E-state index >= 15 is 0 Å². The van der Waals surface area contributed by atoms with Gasteiger partial charge in [-0.2, -0.15) is 13.2 Å². The minimum Gasteiger partial charge on any atom is -0.469 e. The lowest BCUT2D eigenvalue weighted by Crippen LogP contribution is -2.07. The van der Waals surface area contributed by atoms with Gasteiger partial charge in [-0.1, -0.05) is 12.1 Å². The highest BCUT2D eigenvalue weighted by molar-refractivity contribution is 5.88. The van der Waals surface area contributed by atoms with E-state index in [1.54, 1.807) is 0 Å². The number of halogens is 4. The highest BCUT2D eigenvalue weighted by Gasteiger charge is 2.31. The maximum Gasteiger partial charge on any atom is 0.416 e. The van der Waals surface area contributed by atoms with Crippen LogP contribution in [0, 0.1) is 5.82 Å². The van der Waals surface area contributed by atoms with Gasteiger partial charge in [0.2, 0.25) is 0 Å². The molecule has 7 heteroatoms. The van der Waals surface area contributed by atoms with Crippen molar-refractivity contribution >= 4 is 12.3 Å². The maximum absolute atomic E-state index is 14.1. The SMILES string of the molecule is COC(=O)Cc1ccc(F)c(-c2ccc(C(F)(F)F)cc2C=O)c1. The Balaban J connectivity index is 2.53. The third-order valence-electron chi connectivity index (χ3n) is 3.40. The van der Waals surface area contributed by atoms with Crippen molar-refractivity contribution in [2.24, 2.45) is 0 Å². The lowest BCUT2D eigenvalue weighted by molar-refractivity contribution is -0.140. The summed E-state index contributed by atoms with van der Waals surface area (Å²) in [5, 5.41) is 0. The summed E-state index contributed by atoms with van der Waals surface area (Å²) in [5.41, 5.74) is -0.928. The van der Waals surface area contributed by atoms with Crippen molar-refractivity contribution in [3.8, 4) is 11.1 Å². The molecule has 2 aromatic rings. The molecule has 0 spiro atoms. The zero-order valence-electron chi connectivity index (χ0n) is 12.5. The molecule has 0 unspecified atom stereocenters. The van der Waals surface area contributed by atoms with Gasteiger partial charge < -0.3 is 4.74 Å². The second-order valence-electron chi connectivity index (χ2n) is 4.98. The monoisotopic (exact) mass is 340 g/mol. The molecule has 0 aliphatic carbocycles. The number of hydrogen-bond acceptors (Lipinski definition) is 3. The number of rotatable bonds is 4. The molecular formula is C17H12F4O3. The molecule has 0 aliphatic rings. The summed E-state index contributed by atoms with van der Waals surface area (Å²) in [4.78, 5) is 22.4. The number of benzene rings is 2. The van der Waals surface area contributed by atoms with Gasteiger partial charge in [0.25, 0.3) is 0 Å². The van der Waals surface area contributed by atoms with Crippen LogP contribution in [0.3, 0.4) is 0 Å². The minimum atomic E-state index is -4.61. The fourth-order valence-corrected chi connectivity index (χ4v) is 2.21. The summed E-state index contributed by atoms with van der Waals surface area (Å²) in [6.45, 7) is 0. The highest BCUT2D eigenvalue weighted by Crippen LogP contribution is 2.34. The van der Waals surface area contributed by atoms with E-state index in [1.807, 2.05) is 0 Å². The Morgan fingerprint density at radius 2 is 1.83 bits per heavy atom. The van der Waals surface area contributed by atoms with Crippen LogP contribution >= 0.6 is 0 Å². The first-order valence-corrected chi connectivity index (χ1v) is 6.78. The van der Waals surface area contributed by atoms with E-state index in [-0.39, 0.29) is 29.4 Å². The van der Waals surface area contributed by atoms with Crippen LogP contribution in [0.25, 0.3) is 11.1 Å². The summed E-state index contributed by atoms with van der Waals surface area (Å²) in [6.07, 6.45) is -4.50. The number of carbonyl (C=O) groups is 2. The van der Waals surface area contributed by atoms with Gasteiger partial charge in [0.15, 0.2) is 6.29 Å². The molecule has 2 rings (SSSR count). The van der Waals surface area contributed by atoms with Crippen molar-refractivity contribution in [3.63, 3.8) is 0 Å². The van der Waals surface area contributed by atoms with Crippen molar-refractivity contribution < 1.29 is 31.9 Å². The van der Waals surface area contributed by atoms with Gasteiger partial charge in [-0.3, -0.25) is 9.59 Å². The van der Waals surface area contributed by atoms with Crippen LogP contribution in [-0.4, -0.2) is 19.4 Å². The first kappa shape index (κ1) is 17.7. The quantitative estimate of drug-likeness (QED) is 0.479. The zero-order chi connectivity index (χ0) is 17.9. The second-order valence-corrected chi connectivity index (χ2v) is 4.98. The molecule has 0 aromatic heterocycles. The van der Waals surface area contributed by atoms with Gasteiger partial charge in [0, 0.05) is 11.1 Å². The number of esters is 1. The number of methoxy groups -OCH3 is 1. The molecule has 0 saturated heterocycles. The van der Waals surface area contributed by atoms with E-state index in [0.29, 0.717) is 11.6 Å². The number of alkyl halides is 3. The summed E-state index contributed by atoms with van der Waals surface area (Å²) in [7, 11) is 1.20. The second kappa shape index (κ2) is 6.82. The van der Waals surface area contributed by atoms with Crippen LogP contribution in [-0.2, 0) is 22.1 Å². The summed E-state index contributed by atoms with van der Waals surface area (Å²) < 4.78 is 56.8. The van der Waals surface area contributed by atoms with E-state index in [4.69, 9.17) is 0 Å². The Morgan fingerprint density at radius 3 is 2.42 bits per heavy atom. The molecule has 0 amide bonds. The van der Waals surface area contributed by atoms with E-state index in [1.165, 1.54) is 19.2 Å². The summed E-state index contributed by atoms with van der Waals surface area (Å²) in [5.74, 6) is -1.26. The number of hydrogen-bond donors (Lipinski definition) is 0. The number of aldehydes is 1. The Morgan fingerprint density at radius 1 is 1.12 bits per heavy atom. The standard InChI is InChI=1S/C17H12F4O3/c1-24-16(23)7-10-2-5-15(18)14(6-10)13-4-3-12(17(19,20)21)8-11(13)9-22/h2-6,8-9H,7H2,1H3. The van der Waals surface area contributed by atoms with E-state index in [9.17, 15) is 27.2 Å². The largest absolute Gasteiger partial charge is 0.469 e. The lowest BCUT2D eigenvalue weighted by Gasteiger charge is -2.12. The van der Waals surface area contributed by atoms with Gasteiger partial charge in [0.1, 0.15) is 5.82 Å². The lowest BCUT2D eigenvalue weighted by atomic mass is 9.95. The predicted molar refractivity (Wildman–Crippen MR) is 77.9 cm³/mol. The summed E-state index contributed by atoms with van der Waals surface area (Å²) >= 11 is 0. The third-order valence-corrected chi connectivity index (χ3v) is 3.40. The van der Waals surface area contributed by atoms with Crippen LogP contribution in [0.4, 0.5) is 17.6 Å². The molecule has 0 saturated carbocycles. The van der Waals surface area contributed by atoms with E-state index < -0.39 is 23.5 Å². The molecule has 0 heterocycles. The van der Waals surface area contributed by atoms with E-state index in [2.05, 4.69) is 4.74 Å². The maximum atomic E-state index is 14.1. The first-order chi connectivity index (χ1) is 11.3. The zero-order valence-corrected chi connectivity index (χ0v) is 12.5. The van der Waals surface area contributed by atoms with Crippen molar-refractivity contribution in [2.45, 2.75) is 12.6 Å². The van der Waals surface area contributed by atoms with Crippen LogP contribution in [0.5, 0.6) is 0 Å². The minimum absolute atomic E-state index is 0.0159. The van der Waals surface area contributed by atoms with Crippen molar-refractivity contribution in [1.82, 2.24) is 0 Å². The average Bonchev–Trinajstić information content (AvgIpc) is 2.55. The molecule has 126 valence electrons. The predicted octanol–water partition coefficient (Wildman–Crippen LogP) is 4.04. The Kier molecular flexibility index (Phi) is 5.02. The first-order valence-electron chi connectivity index (χ1n) is 6.78. The molecule has 0 bridgehead atoms. The van der Waals surface area contributed by atoms with Gasteiger partial charge in [0.05, 0.1) is 19.1 Å². The molecule has 0 atom stereocenters. The van der Waals surface area contributed by atoms with Gasteiger partial charge in [-0.25, -0.2) is 4.39 Å². The number of ether oxygens (including phenoxy) is 1. The Hall–Kier alpha value is -2.70. The van der Waals surface area contributed by atoms with Crippen molar-refractivity contribution in [3.05, 3.63) is 58.9 Å². The number of carbonyl (C=O) groups excluding carboxylic acids is 2. The van der Waals surface area contributed by atoms with Crippen LogP contribution in [0.2, 0.25) is 0 Å². The Bertz CT molecular complexity index is 782. The van der Waals surface area contributed by atoms with Gasteiger partial charge in [-0.15, -0.1) is 0 Å². The fraction of sp³-hybridized carbons (Fsp3) is 0.176. The molecule has 24 heavy (non-hydrogen) atoms. The van der Waals surface area contributed by atoms with Gasteiger partial charge in [-0.05, 0) is 35.4 Å². The van der Waals surface area contributed by atoms with Crippen LogP contribution < -0.4 is 0 Å². The topological polar surface area (TPSA) is 43.4 Å². The third kappa shape index (κ3) is 3.79. The molecular weight excluding hydrogens is 328 g/mol. The molecule has 3 nitrogen and oxygen atoms in total. The molecule has 0 fully saturated rings. The van der Waals surface area contributed by atoms with Crippen molar-refractivity contribution in [2.75, 3.05) is 7.11 Å². The summed E-state index contributed by atoms with van der Waals surface area (Å²) in [6, 6.07) is 6.22. The van der Waals surface area contributed by atoms with Crippen LogP contribution in [0.15, 0.2) is 36.4 Å². The molecule has 0 radical (unpaired) electrons. The smallest absolute Gasteiger partial charge is 0.416 e. The average molecular weight is 340 g/mol. The van der Waals surface area contributed by atoms with Crippen LogP contribution in [0.1, 0.15) is 21.5 Å². The molecule has 2 aromatic carbocycles. The fourth-order valence-electron chi connectivity index (χ4n) is 2.21. The van der Waals surface area contributed by atoms with Gasteiger partial charge >= 0.3 is 12.1 Å².